The summed E-state index contributed by atoms with van der Waals surface area (Å²) in [5.74, 6) is -0.204. The lowest BCUT2D eigenvalue weighted by Crippen LogP contribution is -2.19. The van der Waals surface area contributed by atoms with Crippen molar-refractivity contribution in [2.45, 2.75) is 13.3 Å². The Morgan fingerprint density at radius 1 is 0.905 bits per heavy atom. The van der Waals surface area contributed by atoms with E-state index in [2.05, 4.69) is 17.6 Å². The predicted molar refractivity (Wildman–Crippen MR) is 83.4 cm³/mol. The molecular formula is C16H17N3O2. The molecule has 0 bridgehead atoms. The van der Waals surface area contributed by atoms with Crippen LogP contribution in [0, 0.1) is 0 Å². The second-order valence-corrected chi connectivity index (χ2v) is 4.57. The Bertz CT molecular complexity index is 634. The van der Waals surface area contributed by atoms with Crippen LogP contribution in [-0.4, -0.2) is 11.9 Å². The molecule has 0 aromatic heterocycles. The van der Waals surface area contributed by atoms with Crippen molar-refractivity contribution < 1.29 is 9.59 Å². The van der Waals surface area contributed by atoms with Gasteiger partial charge in [-0.2, -0.15) is 0 Å². The molecule has 0 spiro atoms. The number of primary amides is 1. The molecule has 5 nitrogen and oxygen atoms in total. The molecule has 3 amide bonds. The van der Waals surface area contributed by atoms with E-state index in [1.165, 1.54) is 5.56 Å². The van der Waals surface area contributed by atoms with Crippen molar-refractivity contribution in [3.63, 3.8) is 0 Å². The predicted octanol–water partition coefficient (Wildman–Crippen LogP) is 2.99. The number of nitrogens with one attached hydrogen (secondary N) is 2. The lowest BCUT2D eigenvalue weighted by atomic mass is 10.1. The second kappa shape index (κ2) is 6.56. The fourth-order valence-corrected chi connectivity index (χ4v) is 1.87. The highest BCUT2D eigenvalue weighted by atomic mass is 16.2. The smallest absolute Gasteiger partial charge is 0.316 e. The molecule has 0 heterocycles. The van der Waals surface area contributed by atoms with Crippen LogP contribution >= 0.6 is 0 Å². The minimum absolute atomic E-state index is 0.204. The second-order valence-electron chi connectivity index (χ2n) is 4.57. The molecule has 2 aromatic carbocycles. The Hall–Kier alpha value is -2.82. The summed E-state index contributed by atoms with van der Waals surface area (Å²) in [6.45, 7) is 2.08. The number of aryl methyl sites for hydroxylation is 1. The highest BCUT2D eigenvalue weighted by molar-refractivity contribution is 6.04. The van der Waals surface area contributed by atoms with Crippen LogP contribution in [0.3, 0.4) is 0 Å². The van der Waals surface area contributed by atoms with Crippen molar-refractivity contribution >= 4 is 23.3 Å². The number of hydrogen-bond donors (Lipinski definition) is 3. The Morgan fingerprint density at radius 3 is 1.95 bits per heavy atom. The molecule has 5 heteroatoms. The van der Waals surface area contributed by atoms with Gasteiger partial charge in [0.05, 0.1) is 0 Å². The Kier molecular flexibility index (Phi) is 4.56. The maximum atomic E-state index is 12.1. The zero-order valence-electron chi connectivity index (χ0n) is 11.7. The van der Waals surface area contributed by atoms with Gasteiger partial charge in [0.2, 0.25) is 0 Å². The van der Waals surface area contributed by atoms with Crippen LogP contribution in [0.5, 0.6) is 0 Å². The van der Waals surface area contributed by atoms with Gasteiger partial charge in [-0.1, -0.05) is 19.1 Å². The topological polar surface area (TPSA) is 84.2 Å². The molecule has 0 aliphatic carbocycles. The fourth-order valence-electron chi connectivity index (χ4n) is 1.87. The summed E-state index contributed by atoms with van der Waals surface area (Å²) < 4.78 is 0. The minimum Gasteiger partial charge on any atom is -0.351 e. The van der Waals surface area contributed by atoms with Crippen LogP contribution < -0.4 is 16.4 Å². The number of nitrogens with two attached hydrogens (primary N) is 1. The van der Waals surface area contributed by atoms with Crippen LogP contribution in [0.4, 0.5) is 16.2 Å². The maximum absolute atomic E-state index is 12.1. The van der Waals surface area contributed by atoms with Crippen LogP contribution in [0.1, 0.15) is 22.8 Å². The van der Waals surface area contributed by atoms with E-state index in [1.54, 1.807) is 24.3 Å². The van der Waals surface area contributed by atoms with Gasteiger partial charge < -0.3 is 16.4 Å². The number of urea groups is 1. The monoisotopic (exact) mass is 283 g/mol. The number of carbonyl (C=O) groups is 2. The van der Waals surface area contributed by atoms with E-state index in [0.717, 1.165) is 12.1 Å². The van der Waals surface area contributed by atoms with Crippen molar-refractivity contribution in [2.24, 2.45) is 5.73 Å². The third kappa shape index (κ3) is 4.07. The van der Waals surface area contributed by atoms with Gasteiger partial charge in [0.1, 0.15) is 0 Å². The molecule has 0 radical (unpaired) electrons. The summed E-state index contributed by atoms with van der Waals surface area (Å²) in [7, 11) is 0. The van der Waals surface area contributed by atoms with Crippen molar-refractivity contribution in [2.75, 3.05) is 10.6 Å². The molecule has 0 unspecified atom stereocenters. The zero-order valence-corrected chi connectivity index (χ0v) is 11.7. The minimum atomic E-state index is -0.636. The maximum Gasteiger partial charge on any atom is 0.316 e. The van der Waals surface area contributed by atoms with E-state index in [4.69, 9.17) is 5.73 Å². The molecule has 0 saturated heterocycles. The molecule has 108 valence electrons. The largest absolute Gasteiger partial charge is 0.351 e. The summed E-state index contributed by atoms with van der Waals surface area (Å²) in [5, 5.41) is 5.26. The molecule has 0 aliphatic heterocycles. The zero-order chi connectivity index (χ0) is 15.2. The van der Waals surface area contributed by atoms with Gasteiger partial charge in [-0.05, 0) is 48.4 Å². The number of benzene rings is 2. The van der Waals surface area contributed by atoms with Crippen LogP contribution in [0.25, 0.3) is 0 Å². The first kappa shape index (κ1) is 14.6. The van der Waals surface area contributed by atoms with Gasteiger partial charge in [-0.15, -0.1) is 0 Å². The van der Waals surface area contributed by atoms with E-state index in [1.807, 2.05) is 24.3 Å². The number of amides is 3. The normalized spacial score (nSPS) is 9.95. The van der Waals surface area contributed by atoms with Crippen LogP contribution in [0.2, 0.25) is 0 Å². The molecule has 0 aliphatic rings. The van der Waals surface area contributed by atoms with Gasteiger partial charge >= 0.3 is 6.03 Å². The fraction of sp³-hybridized carbons (Fsp3) is 0.125. The summed E-state index contributed by atoms with van der Waals surface area (Å²) >= 11 is 0. The van der Waals surface area contributed by atoms with Crippen molar-refractivity contribution in [1.29, 1.82) is 0 Å². The number of hydrogen-bond acceptors (Lipinski definition) is 2. The summed E-state index contributed by atoms with van der Waals surface area (Å²) in [6, 6.07) is 13.6. The average molecular weight is 283 g/mol. The van der Waals surface area contributed by atoms with E-state index in [0.29, 0.717) is 11.3 Å². The lowest BCUT2D eigenvalue weighted by Gasteiger charge is -2.07. The molecule has 4 N–H and O–H groups in total. The van der Waals surface area contributed by atoms with E-state index < -0.39 is 6.03 Å². The van der Waals surface area contributed by atoms with Crippen LogP contribution in [0.15, 0.2) is 48.5 Å². The van der Waals surface area contributed by atoms with Crippen molar-refractivity contribution in [3.05, 3.63) is 59.7 Å². The first-order chi connectivity index (χ1) is 10.1. The molecular weight excluding hydrogens is 266 g/mol. The van der Waals surface area contributed by atoms with E-state index >= 15 is 0 Å². The molecule has 0 saturated carbocycles. The third-order valence-corrected chi connectivity index (χ3v) is 3.03. The quantitative estimate of drug-likeness (QED) is 0.805. The highest BCUT2D eigenvalue weighted by Gasteiger charge is 2.06. The number of anilines is 2. The van der Waals surface area contributed by atoms with Gasteiger partial charge in [0, 0.05) is 16.9 Å². The average Bonchev–Trinajstić information content (AvgIpc) is 2.48. The van der Waals surface area contributed by atoms with Gasteiger partial charge in [0.25, 0.3) is 5.91 Å². The first-order valence-electron chi connectivity index (χ1n) is 6.65. The van der Waals surface area contributed by atoms with Gasteiger partial charge in [-0.25, -0.2) is 4.79 Å². The van der Waals surface area contributed by atoms with Crippen molar-refractivity contribution in [1.82, 2.24) is 0 Å². The number of carbonyl (C=O) groups excluding carboxylic acids is 2. The lowest BCUT2D eigenvalue weighted by molar-refractivity contribution is 0.102. The number of rotatable bonds is 4. The molecule has 21 heavy (non-hydrogen) atoms. The summed E-state index contributed by atoms with van der Waals surface area (Å²) in [4.78, 5) is 22.8. The van der Waals surface area contributed by atoms with Gasteiger partial charge in [0.15, 0.2) is 0 Å². The molecule has 2 aromatic rings. The third-order valence-electron chi connectivity index (χ3n) is 3.03. The first-order valence-corrected chi connectivity index (χ1v) is 6.65. The summed E-state index contributed by atoms with van der Waals surface area (Å²) in [5.41, 5.74) is 8.03. The molecule has 0 atom stereocenters. The van der Waals surface area contributed by atoms with Crippen molar-refractivity contribution in [3.8, 4) is 0 Å². The van der Waals surface area contributed by atoms with E-state index in [9.17, 15) is 9.59 Å². The molecule has 2 rings (SSSR count). The highest BCUT2D eigenvalue weighted by Crippen LogP contribution is 2.13. The SMILES string of the molecule is CCc1ccc(NC(=O)c2ccc(NC(N)=O)cc2)cc1. The summed E-state index contributed by atoms with van der Waals surface area (Å²) in [6.07, 6.45) is 0.961. The standard InChI is InChI=1S/C16H17N3O2/c1-2-11-3-7-13(8-4-11)18-15(20)12-5-9-14(10-6-12)19-16(17)21/h3-10H,2H2,1H3,(H,18,20)(H3,17,19,21). The van der Waals surface area contributed by atoms with E-state index in [-0.39, 0.29) is 5.91 Å². The molecule has 0 fully saturated rings. The Morgan fingerprint density at radius 2 is 1.43 bits per heavy atom. The Labute approximate surface area is 123 Å². The Balaban J connectivity index is 2.03. The van der Waals surface area contributed by atoms with Crippen LogP contribution in [-0.2, 0) is 6.42 Å². The van der Waals surface area contributed by atoms with Gasteiger partial charge in [-0.3, -0.25) is 4.79 Å².